The van der Waals surface area contributed by atoms with Crippen LogP contribution in [-0.4, -0.2) is 18.8 Å². The van der Waals surface area contributed by atoms with Gasteiger partial charge in [0.25, 0.3) is 0 Å². The van der Waals surface area contributed by atoms with Crippen LogP contribution in [0.15, 0.2) is 28.5 Å². The van der Waals surface area contributed by atoms with E-state index in [-0.39, 0.29) is 6.04 Å². The van der Waals surface area contributed by atoms with Gasteiger partial charge in [0.05, 0.1) is 4.90 Å². The Morgan fingerprint density at radius 2 is 2.05 bits per heavy atom. The summed E-state index contributed by atoms with van der Waals surface area (Å²) in [5, 5.41) is 1.96. The lowest BCUT2D eigenvalue weighted by atomic mass is 10.4. The molecule has 2 rings (SSSR count). The van der Waals surface area contributed by atoms with Gasteiger partial charge in [-0.3, -0.25) is 0 Å². The first kappa shape index (κ1) is 16.6. The lowest BCUT2D eigenvalue weighted by molar-refractivity contribution is 0.350. The van der Waals surface area contributed by atoms with Crippen LogP contribution >= 0.6 is 22.7 Å². The summed E-state index contributed by atoms with van der Waals surface area (Å²) in [7, 11) is -3.50. The summed E-state index contributed by atoms with van der Waals surface area (Å²) in [4.78, 5) is 3.12. The highest BCUT2D eigenvalue weighted by Gasteiger charge is 2.30. The first-order valence-corrected chi connectivity index (χ1v) is 9.83. The van der Waals surface area contributed by atoms with Crippen LogP contribution in [0.4, 0.5) is 0 Å². The zero-order valence-electron chi connectivity index (χ0n) is 12.4. The maximum Gasteiger partial charge on any atom is 0.244 e. The molecule has 0 atom stereocenters. The van der Waals surface area contributed by atoms with Gasteiger partial charge in [-0.15, -0.1) is 22.7 Å². The van der Waals surface area contributed by atoms with Crippen molar-refractivity contribution in [3.8, 4) is 0 Å². The SMILES string of the molecule is Cc1sc(CN)cc1S(=O)(=O)N(Cc1cccs1)C(C)C. The Bertz CT molecular complexity index is 688. The van der Waals surface area contributed by atoms with Crippen molar-refractivity contribution in [1.29, 1.82) is 0 Å². The largest absolute Gasteiger partial charge is 0.326 e. The van der Waals surface area contributed by atoms with Crippen molar-refractivity contribution in [2.75, 3.05) is 0 Å². The van der Waals surface area contributed by atoms with E-state index in [0.29, 0.717) is 18.0 Å². The van der Waals surface area contributed by atoms with Gasteiger partial charge in [0.1, 0.15) is 0 Å². The van der Waals surface area contributed by atoms with Crippen molar-refractivity contribution in [2.45, 2.75) is 44.8 Å². The van der Waals surface area contributed by atoms with Gasteiger partial charge in [-0.05, 0) is 38.3 Å². The van der Waals surface area contributed by atoms with E-state index >= 15 is 0 Å². The van der Waals surface area contributed by atoms with Crippen molar-refractivity contribution in [2.24, 2.45) is 5.73 Å². The molecule has 116 valence electrons. The molecule has 0 aliphatic rings. The molecule has 0 aromatic carbocycles. The summed E-state index contributed by atoms with van der Waals surface area (Å²) in [5.41, 5.74) is 5.62. The Balaban J connectivity index is 2.39. The molecule has 2 aromatic heterocycles. The van der Waals surface area contributed by atoms with Gasteiger partial charge in [-0.1, -0.05) is 6.07 Å². The molecule has 0 bridgehead atoms. The molecule has 0 amide bonds. The summed E-state index contributed by atoms with van der Waals surface area (Å²) in [6, 6.07) is 5.51. The van der Waals surface area contributed by atoms with Crippen LogP contribution in [0.25, 0.3) is 0 Å². The van der Waals surface area contributed by atoms with Gasteiger partial charge in [-0.2, -0.15) is 4.31 Å². The van der Waals surface area contributed by atoms with E-state index in [2.05, 4.69) is 0 Å². The molecule has 0 aliphatic heterocycles. The van der Waals surface area contributed by atoms with Crippen LogP contribution in [-0.2, 0) is 23.1 Å². The summed E-state index contributed by atoms with van der Waals surface area (Å²) < 4.78 is 27.4. The average molecular weight is 345 g/mol. The normalized spacial score (nSPS) is 12.5. The third kappa shape index (κ3) is 3.54. The highest BCUT2D eigenvalue weighted by molar-refractivity contribution is 7.89. The van der Waals surface area contributed by atoms with E-state index in [4.69, 9.17) is 5.73 Å². The number of nitrogens with two attached hydrogens (primary N) is 1. The Morgan fingerprint density at radius 3 is 2.52 bits per heavy atom. The van der Waals surface area contributed by atoms with Crippen molar-refractivity contribution >= 4 is 32.7 Å². The maximum atomic E-state index is 12.9. The lowest BCUT2D eigenvalue weighted by Crippen LogP contribution is -2.36. The Labute approximate surface area is 134 Å². The second-order valence-electron chi connectivity index (χ2n) is 5.06. The van der Waals surface area contributed by atoms with E-state index in [1.54, 1.807) is 21.7 Å². The number of hydrogen-bond acceptors (Lipinski definition) is 5. The second kappa shape index (κ2) is 6.58. The van der Waals surface area contributed by atoms with Crippen molar-refractivity contribution in [3.05, 3.63) is 38.2 Å². The number of hydrogen-bond donors (Lipinski definition) is 1. The molecule has 21 heavy (non-hydrogen) atoms. The predicted molar refractivity (Wildman–Crippen MR) is 89.1 cm³/mol. The Hall–Kier alpha value is -0.730. The van der Waals surface area contributed by atoms with Crippen LogP contribution < -0.4 is 5.73 Å². The number of thiophene rings is 2. The quantitative estimate of drug-likeness (QED) is 0.875. The molecular formula is C14H20N2O2S3. The Kier molecular flexibility index (Phi) is 5.21. The fourth-order valence-corrected chi connectivity index (χ4v) is 5.99. The van der Waals surface area contributed by atoms with Crippen LogP contribution in [0.5, 0.6) is 0 Å². The molecule has 2 aromatic rings. The number of rotatable bonds is 6. The summed E-state index contributed by atoms with van der Waals surface area (Å²) in [6.45, 7) is 6.41. The molecule has 0 spiro atoms. The molecule has 0 aliphatic carbocycles. The van der Waals surface area contributed by atoms with E-state index in [9.17, 15) is 8.42 Å². The monoisotopic (exact) mass is 344 g/mol. The van der Waals surface area contributed by atoms with Crippen molar-refractivity contribution < 1.29 is 8.42 Å². The van der Waals surface area contributed by atoms with E-state index in [1.807, 2.05) is 38.3 Å². The molecule has 4 nitrogen and oxygen atoms in total. The molecule has 0 radical (unpaired) electrons. The number of aryl methyl sites for hydroxylation is 1. The summed E-state index contributed by atoms with van der Waals surface area (Å²) >= 11 is 3.02. The molecule has 0 unspecified atom stereocenters. The van der Waals surface area contributed by atoms with Crippen molar-refractivity contribution in [1.82, 2.24) is 4.31 Å². The highest BCUT2D eigenvalue weighted by atomic mass is 32.2. The van der Waals surface area contributed by atoms with Crippen molar-refractivity contribution in [3.63, 3.8) is 0 Å². The Morgan fingerprint density at radius 1 is 1.33 bits per heavy atom. The zero-order valence-corrected chi connectivity index (χ0v) is 14.8. The van der Waals surface area contributed by atoms with Gasteiger partial charge in [-0.25, -0.2) is 8.42 Å². The maximum absolute atomic E-state index is 12.9. The van der Waals surface area contributed by atoms with E-state index in [1.165, 1.54) is 11.3 Å². The van der Waals surface area contributed by atoms with Gasteiger partial charge in [0, 0.05) is 33.8 Å². The van der Waals surface area contributed by atoms with Gasteiger partial charge in [0.15, 0.2) is 0 Å². The molecule has 2 heterocycles. The standard InChI is InChI=1S/C14H20N2O2S3/c1-10(2)16(9-12-5-4-6-19-12)21(17,18)14-7-13(8-15)20-11(14)3/h4-7,10H,8-9,15H2,1-3H3. The molecule has 2 N–H and O–H groups in total. The van der Waals surface area contributed by atoms with Crippen LogP contribution in [0.1, 0.15) is 28.5 Å². The third-order valence-electron chi connectivity index (χ3n) is 3.18. The third-order valence-corrected chi connectivity index (χ3v) is 7.39. The van der Waals surface area contributed by atoms with Gasteiger partial charge >= 0.3 is 0 Å². The number of nitrogens with zero attached hydrogens (tertiary/aromatic N) is 1. The number of sulfonamides is 1. The molecule has 0 saturated carbocycles. The molecule has 7 heteroatoms. The van der Waals surface area contributed by atoms with Gasteiger partial charge < -0.3 is 5.73 Å². The summed E-state index contributed by atoms with van der Waals surface area (Å²) in [6.07, 6.45) is 0. The fourth-order valence-electron chi connectivity index (χ4n) is 2.11. The van der Waals surface area contributed by atoms with E-state index < -0.39 is 10.0 Å². The fraction of sp³-hybridized carbons (Fsp3) is 0.429. The minimum absolute atomic E-state index is 0.0993. The molecule has 0 fully saturated rings. The van der Waals surface area contributed by atoms with Gasteiger partial charge in [0.2, 0.25) is 10.0 Å². The highest BCUT2D eigenvalue weighted by Crippen LogP contribution is 2.30. The minimum atomic E-state index is -3.50. The average Bonchev–Trinajstić information content (AvgIpc) is 3.04. The van der Waals surface area contributed by atoms with Crippen LogP contribution in [0.3, 0.4) is 0 Å². The minimum Gasteiger partial charge on any atom is -0.326 e. The predicted octanol–water partition coefficient (Wildman–Crippen LogP) is 3.18. The van der Waals surface area contributed by atoms with E-state index in [0.717, 1.165) is 14.6 Å². The van der Waals surface area contributed by atoms with Crippen LogP contribution in [0.2, 0.25) is 0 Å². The summed E-state index contributed by atoms with van der Waals surface area (Å²) in [5.74, 6) is 0. The lowest BCUT2D eigenvalue weighted by Gasteiger charge is -2.25. The second-order valence-corrected chi connectivity index (χ2v) is 9.29. The topological polar surface area (TPSA) is 63.4 Å². The zero-order chi connectivity index (χ0) is 15.6. The first-order valence-electron chi connectivity index (χ1n) is 6.70. The van der Waals surface area contributed by atoms with Crippen LogP contribution in [0, 0.1) is 6.92 Å². The molecular weight excluding hydrogens is 324 g/mol. The molecule has 0 saturated heterocycles. The first-order chi connectivity index (χ1) is 9.86. The smallest absolute Gasteiger partial charge is 0.244 e.